The lowest BCUT2D eigenvalue weighted by atomic mass is 9.95. The van der Waals surface area contributed by atoms with E-state index in [1.54, 1.807) is 21.0 Å². The Hall–Kier alpha value is -1.81. The fourth-order valence-corrected chi connectivity index (χ4v) is 3.66. The average Bonchev–Trinajstić information content (AvgIpc) is 2.64. The van der Waals surface area contributed by atoms with Crippen LogP contribution in [0.25, 0.3) is 11.1 Å². The zero-order valence-corrected chi connectivity index (χ0v) is 18.3. The van der Waals surface area contributed by atoms with Crippen LogP contribution in [0.5, 0.6) is 0 Å². The number of likely N-dealkylation sites (N-methyl/N-ethyl adjacent to an activating group) is 1. The molecule has 1 aromatic heterocycles. The van der Waals surface area contributed by atoms with E-state index in [1.807, 2.05) is 25.1 Å². The van der Waals surface area contributed by atoms with Crippen LogP contribution in [0.15, 0.2) is 27.8 Å². The lowest BCUT2D eigenvalue weighted by Gasteiger charge is -2.17. The van der Waals surface area contributed by atoms with E-state index in [-0.39, 0.29) is 25.7 Å². The minimum atomic E-state index is -0.435. The number of hydrogen-bond donors (Lipinski definition) is 1. The van der Waals surface area contributed by atoms with Crippen molar-refractivity contribution in [3.05, 3.63) is 55.9 Å². The summed E-state index contributed by atoms with van der Waals surface area (Å²) in [6.07, 6.45) is 0.482. The molecule has 0 amide bonds. The maximum atomic E-state index is 12.7. The maximum absolute atomic E-state index is 12.7. The van der Waals surface area contributed by atoms with Crippen LogP contribution in [0.2, 0.25) is 0 Å². The third kappa shape index (κ3) is 4.37. The van der Waals surface area contributed by atoms with Crippen molar-refractivity contribution in [2.75, 3.05) is 7.05 Å². The number of benzene rings is 1. The summed E-state index contributed by atoms with van der Waals surface area (Å²) in [6.45, 7) is 3.68. The summed E-state index contributed by atoms with van der Waals surface area (Å²) in [5, 5.41) is 2.97. The van der Waals surface area contributed by atoms with Crippen LogP contribution in [0, 0.1) is 13.8 Å². The average molecular weight is 409 g/mol. The van der Waals surface area contributed by atoms with E-state index in [1.165, 1.54) is 11.6 Å². The van der Waals surface area contributed by atoms with E-state index in [0.717, 1.165) is 21.3 Å². The largest absolute Gasteiger partial charge is 0.443 e. The summed E-state index contributed by atoms with van der Waals surface area (Å²) in [4.78, 5) is 36.7. The standard InChI is InChI=1S/C18H25N3O4P2/c1-10-8-12(9-14(19-3)17(23)25-27-26)6-7-13(10)15-11(2)20(4)18(24)21(5)16(15)22/h6-8,14,19,27H,9,26H2,1-5H3. The Kier molecular flexibility index (Phi) is 7.10. The number of carbonyl (C=O) groups is 1. The van der Waals surface area contributed by atoms with Crippen LogP contribution in [-0.4, -0.2) is 28.2 Å². The van der Waals surface area contributed by atoms with Gasteiger partial charge in [-0.3, -0.25) is 14.2 Å². The van der Waals surface area contributed by atoms with E-state index in [9.17, 15) is 14.4 Å². The van der Waals surface area contributed by atoms with Gasteiger partial charge in [-0.1, -0.05) is 27.1 Å². The fourth-order valence-electron chi connectivity index (χ4n) is 3.06. The second kappa shape index (κ2) is 8.92. The number of nitrogens with one attached hydrogen (secondary N) is 1. The predicted molar refractivity (Wildman–Crippen MR) is 113 cm³/mol. The summed E-state index contributed by atoms with van der Waals surface area (Å²) in [7, 11) is 7.26. The molecule has 0 aliphatic carbocycles. The van der Waals surface area contributed by atoms with Gasteiger partial charge in [0.1, 0.15) is 6.04 Å². The van der Waals surface area contributed by atoms with Crippen molar-refractivity contribution in [2.45, 2.75) is 26.3 Å². The number of aryl methyl sites for hydroxylation is 1. The minimum Gasteiger partial charge on any atom is -0.443 e. The molecule has 2 aromatic rings. The molecule has 2 rings (SSSR count). The number of rotatable bonds is 6. The van der Waals surface area contributed by atoms with Gasteiger partial charge >= 0.3 is 11.7 Å². The first-order chi connectivity index (χ1) is 12.7. The molecule has 1 N–H and O–H groups in total. The molecule has 27 heavy (non-hydrogen) atoms. The molecule has 0 aliphatic heterocycles. The van der Waals surface area contributed by atoms with E-state index in [0.29, 0.717) is 17.7 Å². The Balaban J connectivity index is 2.46. The van der Waals surface area contributed by atoms with Crippen LogP contribution >= 0.6 is 17.4 Å². The highest BCUT2D eigenvalue weighted by molar-refractivity contribution is 8.00. The van der Waals surface area contributed by atoms with Crippen molar-refractivity contribution in [3.8, 4) is 11.1 Å². The first-order valence-corrected chi connectivity index (χ1v) is 11.1. The summed E-state index contributed by atoms with van der Waals surface area (Å²) in [6, 6.07) is 5.29. The Labute approximate surface area is 162 Å². The molecule has 146 valence electrons. The summed E-state index contributed by atoms with van der Waals surface area (Å²) >= 11 is 0. The van der Waals surface area contributed by atoms with Crippen LogP contribution in [-0.2, 0) is 29.8 Å². The molecule has 0 saturated heterocycles. The first kappa shape index (κ1) is 21.5. The zero-order chi connectivity index (χ0) is 20.3. The van der Waals surface area contributed by atoms with E-state index in [4.69, 9.17) is 4.52 Å². The van der Waals surface area contributed by atoms with Crippen molar-refractivity contribution in [3.63, 3.8) is 0 Å². The van der Waals surface area contributed by atoms with Gasteiger partial charge in [0.05, 0.1) is 14.1 Å². The highest BCUT2D eigenvalue weighted by Crippen LogP contribution is 2.25. The van der Waals surface area contributed by atoms with Crippen LogP contribution in [0.4, 0.5) is 0 Å². The topological polar surface area (TPSA) is 82.3 Å². The summed E-state index contributed by atoms with van der Waals surface area (Å²) in [5.74, 6) is -0.296. The second-order valence-corrected chi connectivity index (χ2v) is 7.55. The smallest absolute Gasteiger partial charge is 0.330 e. The van der Waals surface area contributed by atoms with Crippen molar-refractivity contribution >= 4 is 23.4 Å². The van der Waals surface area contributed by atoms with Crippen LogP contribution in [0.3, 0.4) is 0 Å². The molecule has 3 atom stereocenters. The maximum Gasteiger partial charge on any atom is 0.330 e. The molecule has 0 spiro atoms. The third-order valence-corrected chi connectivity index (χ3v) is 5.42. The lowest BCUT2D eigenvalue weighted by Crippen LogP contribution is -2.39. The molecule has 1 aromatic carbocycles. The van der Waals surface area contributed by atoms with Crippen molar-refractivity contribution in [1.29, 1.82) is 0 Å². The van der Waals surface area contributed by atoms with Crippen LogP contribution < -0.4 is 16.6 Å². The molecule has 9 heteroatoms. The van der Waals surface area contributed by atoms with Gasteiger partial charge in [-0.15, -0.1) is 0 Å². The molecule has 3 unspecified atom stereocenters. The fraction of sp³-hybridized carbons (Fsp3) is 0.389. The summed E-state index contributed by atoms with van der Waals surface area (Å²) in [5.41, 5.74) is 3.11. The van der Waals surface area contributed by atoms with E-state index < -0.39 is 6.04 Å². The lowest BCUT2D eigenvalue weighted by molar-refractivity contribution is -0.135. The van der Waals surface area contributed by atoms with E-state index >= 15 is 0 Å². The molecule has 0 bridgehead atoms. The minimum absolute atomic E-state index is 0.0270. The number of carbonyl (C=O) groups excluding carboxylic acids is 1. The molecule has 7 nitrogen and oxygen atoms in total. The van der Waals surface area contributed by atoms with Gasteiger partial charge in [0.2, 0.25) is 0 Å². The normalized spacial score (nSPS) is 12.5. The van der Waals surface area contributed by atoms with Gasteiger partial charge in [0.15, 0.2) is 0 Å². The second-order valence-electron chi connectivity index (χ2n) is 6.40. The molecule has 0 saturated carbocycles. The monoisotopic (exact) mass is 409 g/mol. The highest BCUT2D eigenvalue weighted by atomic mass is 32.0. The quantitative estimate of drug-likeness (QED) is 0.730. The van der Waals surface area contributed by atoms with Gasteiger partial charge in [-0.25, -0.2) is 4.79 Å². The zero-order valence-electron chi connectivity index (χ0n) is 16.1. The van der Waals surface area contributed by atoms with E-state index in [2.05, 4.69) is 14.2 Å². The Bertz CT molecular complexity index is 982. The van der Waals surface area contributed by atoms with Crippen molar-refractivity contribution in [1.82, 2.24) is 14.5 Å². The van der Waals surface area contributed by atoms with Crippen molar-refractivity contribution in [2.24, 2.45) is 14.1 Å². The first-order valence-electron chi connectivity index (χ1n) is 8.43. The Morgan fingerprint density at radius 2 is 1.93 bits per heavy atom. The van der Waals surface area contributed by atoms with Gasteiger partial charge < -0.3 is 14.4 Å². The molecule has 1 heterocycles. The van der Waals surface area contributed by atoms with Crippen LogP contribution in [0.1, 0.15) is 16.8 Å². The molecular formula is C18H25N3O4P2. The molecule has 0 aliphatic rings. The van der Waals surface area contributed by atoms with Crippen molar-refractivity contribution < 1.29 is 9.32 Å². The van der Waals surface area contributed by atoms with Gasteiger partial charge in [-0.2, -0.15) is 0 Å². The van der Waals surface area contributed by atoms with Gasteiger partial charge in [-0.05, 0) is 44.0 Å². The molecular weight excluding hydrogens is 384 g/mol. The van der Waals surface area contributed by atoms with Gasteiger partial charge in [0, 0.05) is 19.8 Å². The Morgan fingerprint density at radius 1 is 1.26 bits per heavy atom. The summed E-state index contributed by atoms with van der Waals surface area (Å²) < 4.78 is 7.66. The molecule has 0 fully saturated rings. The van der Waals surface area contributed by atoms with Gasteiger partial charge in [0.25, 0.3) is 5.56 Å². The third-order valence-electron chi connectivity index (χ3n) is 4.75. The number of hydrogen-bond acceptors (Lipinski definition) is 5. The number of aromatic nitrogens is 2. The highest BCUT2D eigenvalue weighted by Gasteiger charge is 2.20. The molecule has 0 radical (unpaired) electrons. The number of nitrogens with zero attached hydrogens (tertiary/aromatic N) is 2. The Morgan fingerprint density at radius 3 is 2.48 bits per heavy atom. The SMILES string of the molecule is CNC(Cc1ccc(-c2c(C)n(C)c(=O)n(C)c2=O)c(C)c1)C(=O)OPP. The predicted octanol–water partition coefficient (Wildman–Crippen LogP) is 1.43.